The Kier molecular flexibility index (Phi) is 4.08. The molecule has 106 valence electrons. The van der Waals surface area contributed by atoms with Crippen LogP contribution < -0.4 is 9.64 Å². The van der Waals surface area contributed by atoms with Crippen molar-refractivity contribution in [2.75, 3.05) is 25.7 Å². The lowest BCUT2D eigenvalue weighted by molar-refractivity contribution is -0.117. The molecule has 1 aliphatic heterocycles. The van der Waals surface area contributed by atoms with E-state index in [0.29, 0.717) is 30.0 Å². The number of carbonyl (C=O) groups is 2. The van der Waals surface area contributed by atoms with Crippen LogP contribution in [0, 0.1) is 5.92 Å². The normalized spacial score (nSPS) is 18.0. The maximum absolute atomic E-state index is 12.0. The first kappa shape index (κ1) is 14.1. The van der Waals surface area contributed by atoms with E-state index in [1.807, 2.05) is 0 Å². The number of carbonyl (C=O) groups excluding carboxylic acids is 2. The summed E-state index contributed by atoms with van der Waals surface area (Å²) >= 11 is 0. The highest BCUT2D eigenvalue weighted by Crippen LogP contribution is 2.34. The van der Waals surface area contributed by atoms with E-state index >= 15 is 0 Å². The predicted octanol–water partition coefficient (Wildman–Crippen LogP) is 2.02. The van der Waals surface area contributed by atoms with Crippen LogP contribution in [-0.4, -0.2) is 32.6 Å². The van der Waals surface area contributed by atoms with Gasteiger partial charge in [-0.05, 0) is 18.2 Å². The number of nitrogens with zero attached hydrogens (tertiary/aromatic N) is 1. The van der Waals surface area contributed by atoms with Gasteiger partial charge in [0.15, 0.2) is 0 Å². The third-order valence-electron chi connectivity index (χ3n) is 3.38. The second-order valence-electron chi connectivity index (χ2n) is 4.58. The highest BCUT2D eigenvalue weighted by atomic mass is 16.5. The highest BCUT2D eigenvalue weighted by molar-refractivity contribution is 5.98. The van der Waals surface area contributed by atoms with Gasteiger partial charge >= 0.3 is 5.97 Å². The first-order valence-electron chi connectivity index (χ1n) is 6.30. The number of anilines is 1. The zero-order chi connectivity index (χ0) is 14.7. The minimum absolute atomic E-state index is 0.0269. The monoisotopic (exact) mass is 275 g/mol. The molecule has 0 N–H and O–H groups in total. The van der Waals surface area contributed by atoms with Crippen molar-refractivity contribution in [1.82, 2.24) is 0 Å². The summed E-state index contributed by atoms with van der Waals surface area (Å²) in [5, 5.41) is 0. The molecule has 0 aliphatic carbocycles. The number of ether oxygens (including phenoxy) is 2. The first-order chi connectivity index (χ1) is 9.60. The van der Waals surface area contributed by atoms with Crippen molar-refractivity contribution in [1.29, 1.82) is 0 Å². The molecule has 1 aromatic rings. The van der Waals surface area contributed by atoms with Crippen LogP contribution in [0.2, 0.25) is 0 Å². The van der Waals surface area contributed by atoms with Gasteiger partial charge in [0.2, 0.25) is 5.91 Å². The van der Waals surface area contributed by atoms with Gasteiger partial charge in [-0.3, -0.25) is 4.79 Å². The van der Waals surface area contributed by atoms with Crippen LogP contribution in [0.1, 0.15) is 16.8 Å². The summed E-state index contributed by atoms with van der Waals surface area (Å²) < 4.78 is 9.95. The van der Waals surface area contributed by atoms with Crippen molar-refractivity contribution >= 4 is 17.6 Å². The topological polar surface area (TPSA) is 55.8 Å². The van der Waals surface area contributed by atoms with Gasteiger partial charge < -0.3 is 14.4 Å². The van der Waals surface area contributed by atoms with E-state index in [2.05, 4.69) is 11.3 Å². The smallest absolute Gasteiger partial charge is 0.337 e. The third kappa shape index (κ3) is 2.52. The van der Waals surface area contributed by atoms with Crippen LogP contribution in [0.4, 0.5) is 5.69 Å². The Morgan fingerprint density at radius 2 is 2.20 bits per heavy atom. The van der Waals surface area contributed by atoms with Gasteiger partial charge in [0, 0.05) is 18.9 Å². The lowest BCUT2D eigenvalue weighted by Gasteiger charge is -2.19. The lowest BCUT2D eigenvalue weighted by Crippen LogP contribution is -2.25. The molecule has 0 saturated carbocycles. The summed E-state index contributed by atoms with van der Waals surface area (Å²) in [5.74, 6) is 0.212. The molecular formula is C15H17NO4. The quantitative estimate of drug-likeness (QED) is 0.623. The van der Waals surface area contributed by atoms with Crippen molar-refractivity contribution in [3.63, 3.8) is 0 Å². The second kappa shape index (κ2) is 5.77. The minimum Gasteiger partial charge on any atom is -0.495 e. The fourth-order valence-electron chi connectivity index (χ4n) is 2.27. The van der Waals surface area contributed by atoms with Crippen LogP contribution in [0.25, 0.3) is 0 Å². The molecule has 0 radical (unpaired) electrons. The molecule has 0 bridgehead atoms. The lowest BCUT2D eigenvalue weighted by atomic mass is 10.1. The molecule has 5 heteroatoms. The maximum atomic E-state index is 12.0. The molecule has 0 aromatic heterocycles. The van der Waals surface area contributed by atoms with Crippen molar-refractivity contribution in [3.05, 3.63) is 36.4 Å². The van der Waals surface area contributed by atoms with E-state index in [4.69, 9.17) is 4.74 Å². The Bertz CT molecular complexity index is 553. The standard InChI is InChI=1S/C15H17NO4/c1-4-10-7-14(17)16(9-10)12-6-5-11(15(18)20-3)8-13(12)19-2/h4-6,8,10H,1,7,9H2,2-3H3. The second-order valence-corrected chi connectivity index (χ2v) is 4.58. The number of esters is 1. The van der Waals surface area contributed by atoms with E-state index in [1.165, 1.54) is 14.2 Å². The zero-order valence-corrected chi connectivity index (χ0v) is 11.6. The van der Waals surface area contributed by atoms with Gasteiger partial charge in [0.05, 0.1) is 25.5 Å². The Labute approximate surface area is 117 Å². The molecule has 1 heterocycles. The number of methoxy groups -OCH3 is 2. The summed E-state index contributed by atoms with van der Waals surface area (Å²) in [6, 6.07) is 4.91. The van der Waals surface area contributed by atoms with E-state index in [0.717, 1.165) is 0 Å². The molecule has 1 saturated heterocycles. The van der Waals surface area contributed by atoms with Gasteiger partial charge in [-0.2, -0.15) is 0 Å². The van der Waals surface area contributed by atoms with Crippen LogP contribution in [0.5, 0.6) is 5.75 Å². The molecule has 1 fully saturated rings. The van der Waals surface area contributed by atoms with Crippen molar-refractivity contribution in [3.8, 4) is 5.75 Å². The van der Waals surface area contributed by atoms with E-state index in [9.17, 15) is 9.59 Å². The number of benzene rings is 1. The van der Waals surface area contributed by atoms with Crippen molar-refractivity contribution in [2.45, 2.75) is 6.42 Å². The van der Waals surface area contributed by atoms with Crippen LogP contribution >= 0.6 is 0 Å². The fourth-order valence-corrected chi connectivity index (χ4v) is 2.27. The van der Waals surface area contributed by atoms with Crippen LogP contribution in [0.3, 0.4) is 0 Å². The number of rotatable bonds is 4. The molecule has 1 amide bonds. The van der Waals surface area contributed by atoms with Crippen molar-refractivity contribution < 1.29 is 19.1 Å². The van der Waals surface area contributed by atoms with Crippen LogP contribution in [-0.2, 0) is 9.53 Å². The largest absolute Gasteiger partial charge is 0.495 e. The van der Waals surface area contributed by atoms with Gasteiger partial charge in [-0.25, -0.2) is 4.79 Å². The Morgan fingerprint density at radius 1 is 1.45 bits per heavy atom. The molecule has 1 unspecified atom stereocenters. The molecule has 1 atom stereocenters. The average molecular weight is 275 g/mol. The summed E-state index contributed by atoms with van der Waals surface area (Å²) in [7, 11) is 2.83. The summed E-state index contributed by atoms with van der Waals surface area (Å²) in [4.78, 5) is 25.2. The summed E-state index contributed by atoms with van der Waals surface area (Å²) in [6.07, 6.45) is 2.23. The molecule has 1 aromatic carbocycles. The van der Waals surface area contributed by atoms with E-state index in [1.54, 1.807) is 29.2 Å². The Hall–Kier alpha value is -2.30. The molecule has 2 rings (SSSR count). The first-order valence-corrected chi connectivity index (χ1v) is 6.30. The molecular weight excluding hydrogens is 258 g/mol. The summed E-state index contributed by atoms with van der Waals surface area (Å²) in [5.41, 5.74) is 1.05. The van der Waals surface area contributed by atoms with Gasteiger partial charge in [-0.1, -0.05) is 6.08 Å². The predicted molar refractivity (Wildman–Crippen MR) is 75.0 cm³/mol. The van der Waals surface area contributed by atoms with E-state index in [-0.39, 0.29) is 11.8 Å². The van der Waals surface area contributed by atoms with E-state index < -0.39 is 5.97 Å². The van der Waals surface area contributed by atoms with Crippen molar-refractivity contribution in [2.24, 2.45) is 5.92 Å². The van der Waals surface area contributed by atoms with Gasteiger partial charge in [0.25, 0.3) is 0 Å². The minimum atomic E-state index is -0.438. The molecule has 5 nitrogen and oxygen atoms in total. The summed E-state index contributed by atoms with van der Waals surface area (Å²) in [6.45, 7) is 4.30. The van der Waals surface area contributed by atoms with Crippen LogP contribution in [0.15, 0.2) is 30.9 Å². The zero-order valence-electron chi connectivity index (χ0n) is 11.6. The number of amides is 1. The maximum Gasteiger partial charge on any atom is 0.337 e. The number of hydrogen-bond donors (Lipinski definition) is 0. The SMILES string of the molecule is C=CC1CC(=O)N(c2ccc(C(=O)OC)cc2OC)C1. The Balaban J connectivity index is 2.35. The molecule has 20 heavy (non-hydrogen) atoms. The average Bonchev–Trinajstić information content (AvgIpc) is 2.86. The molecule has 1 aliphatic rings. The number of hydrogen-bond acceptors (Lipinski definition) is 4. The third-order valence-corrected chi connectivity index (χ3v) is 3.38. The Morgan fingerprint density at radius 3 is 2.75 bits per heavy atom. The van der Waals surface area contributed by atoms with Gasteiger partial charge in [-0.15, -0.1) is 6.58 Å². The fraction of sp³-hybridized carbons (Fsp3) is 0.333. The van der Waals surface area contributed by atoms with Gasteiger partial charge in [0.1, 0.15) is 5.75 Å². The molecule has 0 spiro atoms. The highest BCUT2D eigenvalue weighted by Gasteiger charge is 2.30.